The number of para-hydroxylation sites is 1. The number of ketones is 1. The highest BCUT2D eigenvalue weighted by Gasteiger charge is 2.38. The molecule has 0 radical (unpaired) electrons. The highest BCUT2D eigenvalue weighted by atomic mass is 32.1. The number of aryl methyl sites for hydroxylation is 2. The zero-order valence-corrected chi connectivity index (χ0v) is 17.6. The summed E-state index contributed by atoms with van der Waals surface area (Å²) in [4.78, 5) is 33.9. The van der Waals surface area contributed by atoms with Crippen LogP contribution in [-0.2, 0) is 16.8 Å². The first-order chi connectivity index (χ1) is 13.2. The minimum absolute atomic E-state index is 0.0140. The number of allylic oxidation sites excluding steroid dienone is 2. The van der Waals surface area contributed by atoms with Gasteiger partial charge < -0.3 is 4.90 Å². The van der Waals surface area contributed by atoms with Crippen LogP contribution in [0.25, 0.3) is 10.2 Å². The molecule has 0 saturated carbocycles. The largest absolute Gasteiger partial charge is 0.347 e. The van der Waals surface area contributed by atoms with E-state index in [1.807, 2.05) is 33.0 Å². The Bertz CT molecular complexity index is 1200. The van der Waals surface area contributed by atoms with Crippen LogP contribution in [-0.4, -0.2) is 22.4 Å². The van der Waals surface area contributed by atoms with Crippen LogP contribution in [0.1, 0.15) is 29.9 Å². The molecule has 0 amide bonds. The van der Waals surface area contributed by atoms with Gasteiger partial charge in [-0.1, -0.05) is 32.0 Å². The third-order valence-corrected chi connectivity index (χ3v) is 6.84. The van der Waals surface area contributed by atoms with Gasteiger partial charge in [-0.05, 0) is 31.0 Å². The fourth-order valence-electron chi connectivity index (χ4n) is 4.01. The maximum Gasteiger partial charge on any atom is 0.262 e. The van der Waals surface area contributed by atoms with E-state index in [1.165, 1.54) is 27.8 Å². The van der Waals surface area contributed by atoms with Gasteiger partial charge in [0.2, 0.25) is 0 Å². The summed E-state index contributed by atoms with van der Waals surface area (Å²) in [5.74, 6) is -0.115. The molecular formula is C22H23N3O2S. The number of hydrogen-bond acceptors (Lipinski definition) is 5. The van der Waals surface area contributed by atoms with Crippen LogP contribution in [0, 0.1) is 13.8 Å². The molecule has 4 rings (SSSR count). The predicted octanol–water partition coefficient (Wildman–Crippen LogP) is 3.96. The average molecular weight is 394 g/mol. The minimum Gasteiger partial charge on any atom is -0.347 e. The number of carbonyl (C=O) groups excluding carboxylic acids is 1. The molecule has 1 aliphatic heterocycles. The van der Waals surface area contributed by atoms with Gasteiger partial charge in [0.05, 0.1) is 18.3 Å². The Labute approximate surface area is 167 Å². The molecule has 1 aromatic carbocycles. The molecule has 0 fully saturated rings. The summed E-state index contributed by atoms with van der Waals surface area (Å²) in [5, 5.41) is 0.621. The van der Waals surface area contributed by atoms with E-state index in [0.717, 1.165) is 26.7 Å². The van der Waals surface area contributed by atoms with Crippen LogP contribution in [0.4, 0.5) is 5.69 Å². The normalized spacial score (nSPS) is 16.8. The average Bonchev–Trinajstić information content (AvgIpc) is 3.05. The van der Waals surface area contributed by atoms with Gasteiger partial charge in [-0.25, -0.2) is 4.98 Å². The Morgan fingerprint density at radius 1 is 1.25 bits per heavy atom. The van der Waals surface area contributed by atoms with Crippen LogP contribution < -0.4 is 10.5 Å². The van der Waals surface area contributed by atoms with Crippen molar-refractivity contribution in [3.05, 3.63) is 68.7 Å². The van der Waals surface area contributed by atoms with E-state index in [4.69, 9.17) is 0 Å². The lowest BCUT2D eigenvalue weighted by molar-refractivity contribution is -0.115. The standard InChI is InChI=1S/C22H23N3O2S/c1-13-14(2)28-20-19(13)21(27)25(12-23-20)11-15(26)10-18-22(3,4)16-8-6-7-9-17(16)24(18)5/h6-10,12H,11H2,1-5H3/b18-10-. The second kappa shape index (κ2) is 6.41. The van der Waals surface area contributed by atoms with Gasteiger partial charge in [0.15, 0.2) is 5.78 Å². The summed E-state index contributed by atoms with van der Waals surface area (Å²) < 4.78 is 1.41. The maximum atomic E-state index is 12.9. The number of benzene rings is 1. The molecule has 0 aliphatic carbocycles. The second-order valence-corrected chi connectivity index (χ2v) is 9.04. The number of carbonyl (C=O) groups is 1. The Balaban J connectivity index is 1.69. The van der Waals surface area contributed by atoms with E-state index in [-0.39, 0.29) is 23.3 Å². The lowest BCUT2D eigenvalue weighted by atomic mass is 9.83. The van der Waals surface area contributed by atoms with Gasteiger partial charge in [-0.3, -0.25) is 14.2 Å². The van der Waals surface area contributed by atoms with Crippen molar-refractivity contribution in [2.45, 2.75) is 39.7 Å². The summed E-state index contributed by atoms with van der Waals surface area (Å²) in [5.41, 5.74) is 3.77. The second-order valence-electron chi connectivity index (χ2n) is 7.84. The Hall–Kier alpha value is -2.73. The van der Waals surface area contributed by atoms with Gasteiger partial charge in [-0.2, -0.15) is 0 Å². The first-order valence-corrected chi connectivity index (χ1v) is 10.1. The van der Waals surface area contributed by atoms with E-state index >= 15 is 0 Å². The number of hydrogen-bond donors (Lipinski definition) is 0. The molecule has 0 N–H and O–H groups in total. The van der Waals surface area contributed by atoms with Crippen LogP contribution >= 0.6 is 11.3 Å². The molecule has 3 aromatic rings. The van der Waals surface area contributed by atoms with Crippen molar-refractivity contribution in [3.8, 4) is 0 Å². The molecule has 3 heterocycles. The highest BCUT2D eigenvalue weighted by molar-refractivity contribution is 7.18. The molecule has 0 saturated heterocycles. The lowest BCUT2D eigenvalue weighted by Gasteiger charge is -2.24. The summed E-state index contributed by atoms with van der Waals surface area (Å²) in [6.07, 6.45) is 3.15. The van der Waals surface area contributed by atoms with Gasteiger partial charge in [0.1, 0.15) is 4.83 Å². The summed E-state index contributed by atoms with van der Waals surface area (Å²) >= 11 is 1.51. The van der Waals surface area contributed by atoms with Crippen LogP contribution in [0.2, 0.25) is 0 Å². The first kappa shape index (κ1) is 18.6. The lowest BCUT2D eigenvalue weighted by Crippen LogP contribution is -2.27. The van der Waals surface area contributed by atoms with Crippen molar-refractivity contribution in [1.29, 1.82) is 0 Å². The van der Waals surface area contributed by atoms with Gasteiger partial charge in [0.25, 0.3) is 5.56 Å². The number of aromatic nitrogens is 2. The smallest absolute Gasteiger partial charge is 0.262 e. The van der Waals surface area contributed by atoms with Crippen molar-refractivity contribution in [1.82, 2.24) is 9.55 Å². The Morgan fingerprint density at radius 3 is 2.68 bits per heavy atom. The minimum atomic E-state index is -0.269. The Morgan fingerprint density at radius 2 is 1.96 bits per heavy atom. The number of thiophene rings is 1. The zero-order valence-electron chi connectivity index (χ0n) is 16.7. The van der Waals surface area contributed by atoms with Gasteiger partial charge in [-0.15, -0.1) is 11.3 Å². The van der Waals surface area contributed by atoms with Crippen LogP contribution in [0.15, 0.2) is 47.2 Å². The molecule has 0 bridgehead atoms. The quantitative estimate of drug-likeness (QED) is 0.632. The number of rotatable bonds is 3. The van der Waals surface area contributed by atoms with E-state index < -0.39 is 0 Å². The number of anilines is 1. The van der Waals surface area contributed by atoms with Crippen molar-refractivity contribution < 1.29 is 4.79 Å². The summed E-state index contributed by atoms with van der Waals surface area (Å²) in [6.45, 7) is 8.13. The Kier molecular flexibility index (Phi) is 4.27. The maximum absolute atomic E-state index is 12.9. The van der Waals surface area contributed by atoms with Crippen LogP contribution in [0.3, 0.4) is 0 Å². The number of fused-ring (bicyclic) bond motifs is 2. The monoisotopic (exact) mass is 393 g/mol. The predicted molar refractivity (Wildman–Crippen MR) is 114 cm³/mol. The molecule has 0 spiro atoms. The van der Waals surface area contributed by atoms with E-state index in [0.29, 0.717) is 5.39 Å². The zero-order chi connectivity index (χ0) is 20.2. The van der Waals surface area contributed by atoms with Crippen molar-refractivity contribution in [2.24, 2.45) is 0 Å². The molecule has 0 atom stereocenters. The van der Waals surface area contributed by atoms with E-state index in [9.17, 15) is 9.59 Å². The number of nitrogens with zero attached hydrogens (tertiary/aromatic N) is 3. The third-order valence-electron chi connectivity index (χ3n) is 5.72. The van der Waals surface area contributed by atoms with E-state index in [1.54, 1.807) is 6.08 Å². The third kappa shape index (κ3) is 2.71. The SMILES string of the molecule is Cc1sc2ncn(CC(=O)/C=C3\N(C)c4ccccc4C3(C)C)c(=O)c2c1C. The molecule has 28 heavy (non-hydrogen) atoms. The molecule has 6 heteroatoms. The molecule has 2 aromatic heterocycles. The van der Waals surface area contributed by atoms with Crippen molar-refractivity contribution >= 4 is 33.0 Å². The number of likely N-dealkylation sites (N-methyl/N-ethyl adjacent to an activating group) is 1. The van der Waals surface area contributed by atoms with Crippen LogP contribution in [0.5, 0.6) is 0 Å². The molecular weight excluding hydrogens is 370 g/mol. The molecule has 1 aliphatic rings. The van der Waals surface area contributed by atoms with Crippen molar-refractivity contribution in [2.75, 3.05) is 11.9 Å². The summed E-state index contributed by atoms with van der Waals surface area (Å²) in [7, 11) is 1.98. The molecule has 0 unspecified atom stereocenters. The van der Waals surface area contributed by atoms with Gasteiger partial charge in [0, 0.05) is 34.8 Å². The highest BCUT2D eigenvalue weighted by Crippen LogP contribution is 2.46. The fraction of sp³-hybridized carbons (Fsp3) is 0.318. The molecule has 144 valence electrons. The summed E-state index contributed by atoms with van der Waals surface area (Å²) in [6, 6.07) is 8.18. The van der Waals surface area contributed by atoms with Gasteiger partial charge >= 0.3 is 0 Å². The fourth-order valence-corrected chi connectivity index (χ4v) is 4.99. The van der Waals surface area contributed by atoms with E-state index in [2.05, 4.69) is 35.9 Å². The first-order valence-electron chi connectivity index (χ1n) is 9.25. The van der Waals surface area contributed by atoms with Crippen molar-refractivity contribution in [3.63, 3.8) is 0 Å². The molecule has 5 nitrogen and oxygen atoms in total. The topological polar surface area (TPSA) is 55.2 Å².